The van der Waals surface area contributed by atoms with Crippen LogP contribution in [0.25, 0.3) is 0 Å². The molecule has 1 atom stereocenters. The summed E-state index contributed by atoms with van der Waals surface area (Å²) in [4.78, 5) is 10.6. The molecule has 1 fully saturated rings. The van der Waals surface area contributed by atoms with Crippen molar-refractivity contribution in [1.82, 2.24) is 9.97 Å². The fourth-order valence-corrected chi connectivity index (χ4v) is 2.59. The van der Waals surface area contributed by atoms with Gasteiger partial charge in [-0.1, -0.05) is 23.7 Å². The highest BCUT2D eigenvalue weighted by atomic mass is 35.5. The van der Waals surface area contributed by atoms with E-state index in [1.54, 1.807) is 12.4 Å². The van der Waals surface area contributed by atoms with E-state index < -0.39 is 0 Å². The molecule has 1 aromatic carbocycles. The van der Waals surface area contributed by atoms with Crippen molar-refractivity contribution in [2.75, 3.05) is 11.9 Å². The smallest absolute Gasteiger partial charge is 0.225 e. The minimum Gasteiger partial charge on any atom is -0.337 e. The maximum absolute atomic E-state index is 13.1. The molecule has 1 saturated carbocycles. The number of hydrogen-bond acceptors (Lipinski definition) is 3. The molecule has 20 heavy (non-hydrogen) atoms. The van der Waals surface area contributed by atoms with E-state index in [1.165, 1.54) is 25.0 Å². The van der Waals surface area contributed by atoms with Crippen molar-refractivity contribution in [2.24, 2.45) is 5.92 Å². The van der Waals surface area contributed by atoms with Gasteiger partial charge in [-0.05, 0) is 36.5 Å². The Hall–Kier alpha value is -1.68. The standard InChI is InChI=1S/C15H15ClFN3/c1-20(15-18-8-12(16)9-19-15)14(10-2-3-10)11-4-6-13(17)7-5-11/h4-10,14H,2-3H2,1H3. The van der Waals surface area contributed by atoms with Crippen LogP contribution >= 0.6 is 11.6 Å². The van der Waals surface area contributed by atoms with Gasteiger partial charge in [-0.15, -0.1) is 0 Å². The highest BCUT2D eigenvalue weighted by molar-refractivity contribution is 6.30. The zero-order chi connectivity index (χ0) is 14.1. The molecule has 1 aliphatic carbocycles. The maximum atomic E-state index is 13.1. The summed E-state index contributed by atoms with van der Waals surface area (Å²) in [5.41, 5.74) is 1.09. The van der Waals surface area contributed by atoms with Gasteiger partial charge < -0.3 is 4.90 Å². The summed E-state index contributed by atoms with van der Waals surface area (Å²) in [5, 5.41) is 0.520. The highest BCUT2D eigenvalue weighted by Crippen LogP contribution is 2.44. The number of anilines is 1. The molecule has 3 rings (SSSR count). The van der Waals surface area contributed by atoms with E-state index in [9.17, 15) is 4.39 Å². The Morgan fingerprint density at radius 2 is 1.80 bits per heavy atom. The van der Waals surface area contributed by atoms with E-state index in [4.69, 9.17) is 11.6 Å². The van der Waals surface area contributed by atoms with Gasteiger partial charge in [-0.3, -0.25) is 0 Å². The number of benzene rings is 1. The van der Waals surface area contributed by atoms with Crippen LogP contribution in [0.15, 0.2) is 36.7 Å². The van der Waals surface area contributed by atoms with Gasteiger partial charge >= 0.3 is 0 Å². The lowest BCUT2D eigenvalue weighted by Crippen LogP contribution is -2.27. The lowest BCUT2D eigenvalue weighted by Gasteiger charge is -2.28. The summed E-state index contributed by atoms with van der Waals surface area (Å²) in [6.45, 7) is 0. The Kier molecular flexibility index (Phi) is 3.57. The predicted octanol–water partition coefficient (Wildman–Crippen LogP) is 3.86. The molecule has 2 aromatic rings. The molecule has 1 aliphatic rings. The molecule has 0 aliphatic heterocycles. The summed E-state index contributed by atoms with van der Waals surface area (Å²) in [6.07, 6.45) is 5.55. The van der Waals surface area contributed by atoms with Gasteiger partial charge in [0, 0.05) is 7.05 Å². The van der Waals surface area contributed by atoms with Crippen LogP contribution in [0, 0.1) is 11.7 Å². The largest absolute Gasteiger partial charge is 0.337 e. The Balaban J connectivity index is 1.90. The van der Waals surface area contributed by atoms with Crippen molar-refractivity contribution in [3.05, 3.63) is 53.1 Å². The summed E-state index contributed by atoms with van der Waals surface area (Å²) in [5.74, 6) is 0.994. The van der Waals surface area contributed by atoms with Gasteiger partial charge in [0.1, 0.15) is 5.82 Å². The van der Waals surface area contributed by atoms with Gasteiger partial charge in [0.05, 0.1) is 23.5 Å². The Labute approximate surface area is 122 Å². The second kappa shape index (κ2) is 5.37. The SMILES string of the molecule is CN(c1ncc(Cl)cn1)C(c1ccc(F)cc1)C1CC1. The van der Waals surface area contributed by atoms with E-state index in [-0.39, 0.29) is 11.9 Å². The summed E-state index contributed by atoms with van der Waals surface area (Å²) >= 11 is 5.82. The third-order valence-electron chi connectivity index (χ3n) is 3.62. The average Bonchev–Trinajstić information content (AvgIpc) is 3.26. The molecule has 1 unspecified atom stereocenters. The Bertz CT molecular complexity index is 581. The highest BCUT2D eigenvalue weighted by Gasteiger charge is 2.36. The molecular weight excluding hydrogens is 277 g/mol. The molecule has 1 aromatic heterocycles. The molecule has 1 heterocycles. The molecule has 0 radical (unpaired) electrons. The van der Waals surface area contributed by atoms with E-state index in [0.717, 1.165) is 5.56 Å². The minimum absolute atomic E-state index is 0.178. The fraction of sp³-hybridized carbons (Fsp3) is 0.333. The van der Waals surface area contributed by atoms with Gasteiger partial charge in [-0.25, -0.2) is 14.4 Å². The number of aromatic nitrogens is 2. The van der Waals surface area contributed by atoms with Crippen molar-refractivity contribution >= 4 is 17.5 Å². The van der Waals surface area contributed by atoms with Crippen LogP contribution in [0.3, 0.4) is 0 Å². The van der Waals surface area contributed by atoms with E-state index >= 15 is 0 Å². The average molecular weight is 292 g/mol. The zero-order valence-corrected chi connectivity index (χ0v) is 11.9. The summed E-state index contributed by atoms with van der Waals surface area (Å²) < 4.78 is 13.1. The molecule has 0 N–H and O–H groups in total. The van der Waals surface area contributed by atoms with Crippen LogP contribution in [-0.2, 0) is 0 Å². The normalized spacial score (nSPS) is 15.9. The van der Waals surface area contributed by atoms with Crippen LogP contribution in [0.1, 0.15) is 24.4 Å². The first-order valence-electron chi connectivity index (χ1n) is 6.61. The van der Waals surface area contributed by atoms with Crippen molar-refractivity contribution < 1.29 is 4.39 Å². The Morgan fingerprint density at radius 3 is 2.35 bits per heavy atom. The molecule has 0 bridgehead atoms. The fourth-order valence-electron chi connectivity index (χ4n) is 2.50. The van der Waals surface area contributed by atoms with Gasteiger partial charge in [0.15, 0.2) is 0 Å². The lowest BCUT2D eigenvalue weighted by atomic mass is 10.0. The Morgan fingerprint density at radius 1 is 1.20 bits per heavy atom. The van der Waals surface area contributed by atoms with Crippen LogP contribution in [-0.4, -0.2) is 17.0 Å². The summed E-state index contributed by atoms with van der Waals surface area (Å²) in [7, 11) is 1.97. The third kappa shape index (κ3) is 2.75. The minimum atomic E-state index is -0.214. The number of rotatable bonds is 4. The first-order valence-corrected chi connectivity index (χ1v) is 6.99. The predicted molar refractivity (Wildman–Crippen MR) is 77.3 cm³/mol. The van der Waals surface area contributed by atoms with Crippen molar-refractivity contribution in [1.29, 1.82) is 0 Å². The number of halogens is 2. The van der Waals surface area contributed by atoms with E-state index in [2.05, 4.69) is 9.97 Å². The van der Waals surface area contributed by atoms with Crippen molar-refractivity contribution in [3.8, 4) is 0 Å². The summed E-state index contributed by atoms with van der Waals surface area (Å²) in [6, 6.07) is 6.86. The topological polar surface area (TPSA) is 29.0 Å². The quantitative estimate of drug-likeness (QED) is 0.856. The second-order valence-corrected chi connectivity index (χ2v) is 5.58. The number of nitrogens with zero attached hydrogens (tertiary/aromatic N) is 3. The van der Waals surface area contributed by atoms with E-state index in [0.29, 0.717) is 16.9 Å². The van der Waals surface area contributed by atoms with Gasteiger partial charge in [-0.2, -0.15) is 0 Å². The first-order chi connectivity index (χ1) is 9.65. The maximum Gasteiger partial charge on any atom is 0.225 e. The van der Waals surface area contributed by atoms with Crippen LogP contribution in [0.2, 0.25) is 5.02 Å². The van der Waals surface area contributed by atoms with Gasteiger partial charge in [0.2, 0.25) is 5.95 Å². The molecule has 0 amide bonds. The molecule has 0 spiro atoms. The van der Waals surface area contributed by atoms with Crippen LogP contribution in [0.4, 0.5) is 10.3 Å². The molecular formula is C15H15ClFN3. The number of hydrogen-bond donors (Lipinski definition) is 0. The van der Waals surface area contributed by atoms with Crippen molar-refractivity contribution in [2.45, 2.75) is 18.9 Å². The zero-order valence-electron chi connectivity index (χ0n) is 11.1. The molecule has 0 saturated heterocycles. The van der Waals surface area contributed by atoms with Crippen molar-refractivity contribution in [3.63, 3.8) is 0 Å². The molecule has 3 nitrogen and oxygen atoms in total. The monoisotopic (exact) mass is 291 g/mol. The van der Waals surface area contributed by atoms with Crippen LogP contribution in [0.5, 0.6) is 0 Å². The van der Waals surface area contributed by atoms with E-state index in [1.807, 2.05) is 24.1 Å². The first kappa shape index (κ1) is 13.3. The molecule has 5 heteroatoms. The third-order valence-corrected chi connectivity index (χ3v) is 3.81. The van der Waals surface area contributed by atoms with Crippen LogP contribution < -0.4 is 4.90 Å². The molecule has 104 valence electrons. The lowest BCUT2D eigenvalue weighted by molar-refractivity contribution is 0.577. The second-order valence-electron chi connectivity index (χ2n) is 5.15. The van der Waals surface area contributed by atoms with Gasteiger partial charge in [0.25, 0.3) is 0 Å².